The van der Waals surface area contributed by atoms with Crippen LogP contribution in [0.15, 0.2) is 0 Å². The van der Waals surface area contributed by atoms with E-state index >= 15 is 0 Å². The van der Waals surface area contributed by atoms with Gasteiger partial charge in [0.05, 0.1) is 11.6 Å². The summed E-state index contributed by atoms with van der Waals surface area (Å²) in [7, 11) is 0. The minimum Gasteiger partial charge on any atom is -0.381 e. The molecule has 1 atom stereocenters. The third-order valence-electron chi connectivity index (χ3n) is 3.61. The normalized spacial score (nSPS) is 27.6. The van der Waals surface area contributed by atoms with Crippen LogP contribution < -0.4 is 11.3 Å². The molecule has 0 aromatic carbocycles. The quantitative estimate of drug-likeness (QED) is 0.525. The second-order valence-electron chi connectivity index (χ2n) is 4.59. The molecule has 1 heterocycles. The zero-order valence-electron chi connectivity index (χ0n) is 9.50. The monoisotopic (exact) mass is 214 g/mol. The van der Waals surface area contributed by atoms with Crippen LogP contribution in [0.3, 0.4) is 0 Å². The van der Waals surface area contributed by atoms with Crippen LogP contribution in [0.4, 0.5) is 0 Å². The van der Waals surface area contributed by atoms with Gasteiger partial charge < -0.3 is 9.47 Å². The van der Waals surface area contributed by atoms with Gasteiger partial charge in [0, 0.05) is 32.7 Å². The van der Waals surface area contributed by atoms with Crippen LogP contribution in [0, 0.1) is 5.92 Å². The number of hydrazine groups is 1. The van der Waals surface area contributed by atoms with Crippen molar-refractivity contribution in [3.8, 4) is 0 Å². The average Bonchev–Trinajstić information content (AvgIpc) is 3.05. The number of hydrogen-bond acceptors (Lipinski definition) is 4. The summed E-state index contributed by atoms with van der Waals surface area (Å²) in [5.74, 6) is 6.40. The van der Waals surface area contributed by atoms with Crippen molar-refractivity contribution >= 4 is 0 Å². The SMILES string of the molecule is CCOC1(C(NN)C2CC2)CCOCC1. The molecule has 15 heavy (non-hydrogen) atoms. The van der Waals surface area contributed by atoms with Gasteiger partial charge in [-0.15, -0.1) is 0 Å². The topological polar surface area (TPSA) is 56.5 Å². The van der Waals surface area contributed by atoms with Crippen molar-refractivity contribution in [3.05, 3.63) is 0 Å². The van der Waals surface area contributed by atoms with Gasteiger partial charge in [-0.1, -0.05) is 0 Å². The summed E-state index contributed by atoms with van der Waals surface area (Å²) >= 11 is 0. The molecule has 1 saturated heterocycles. The van der Waals surface area contributed by atoms with Crippen molar-refractivity contribution in [2.24, 2.45) is 11.8 Å². The molecule has 2 aliphatic rings. The molecule has 1 unspecified atom stereocenters. The number of rotatable bonds is 5. The highest BCUT2D eigenvalue weighted by molar-refractivity contribution is 5.01. The summed E-state index contributed by atoms with van der Waals surface area (Å²) in [5.41, 5.74) is 2.90. The van der Waals surface area contributed by atoms with Crippen molar-refractivity contribution in [1.29, 1.82) is 0 Å². The second-order valence-corrected chi connectivity index (χ2v) is 4.59. The molecule has 2 rings (SSSR count). The molecule has 1 aliphatic carbocycles. The molecule has 0 amide bonds. The molecule has 88 valence electrons. The maximum Gasteiger partial charge on any atom is 0.0894 e. The Kier molecular flexibility index (Phi) is 3.61. The standard InChI is InChI=1S/C11H22N2O2/c1-2-15-11(5-7-14-8-6-11)10(13-12)9-3-4-9/h9-10,13H,2-8,12H2,1H3. The van der Waals surface area contributed by atoms with Crippen molar-refractivity contribution in [1.82, 2.24) is 5.43 Å². The molecule has 0 aromatic rings. The first-order chi connectivity index (χ1) is 7.32. The summed E-state index contributed by atoms with van der Waals surface area (Å²) in [4.78, 5) is 0. The van der Waals surface area contributed by atoms with E-state index in [0.29, 0.717) is 12.0 Å². The van der Waals surface area contributed by atoms with E-state index in [1.807, 2.05) is 0 Å². The van der Waals surface area contributed by atoms with E-state index < -0.39 is 0 Å². The van der Waals surface area contributed by atoms with Gasteiger partial charge >= 0.3 is 0 Å². The molecule has 4 heteroatoms. The van der Waals surface area contributed by atoms with E-state index in [1.165, 1.54) is 12.8 Å². The Labute approximate surface area is 91.5 Å². The van der Waals surface area contributed by atoms with Crippen molar-refractivity contribution in [2.45, 2.75) is 44.2 Å². The van der Waals surface area contributed by atoms with Crippen LogP contribution in [-0.2, 0) is 9.47 Å². The van der Waals surface area contributed by atoms with Crippen LogP contribution in [0.5, 0.6) is 0 Å². The van der Waals surface area contributed by atoms with E-state index in [0.717, 1.165) is 32.7 Å². The van der Waals surface area contributed by atoms with Gasteiger partial charge in [0.2, 0.25) is 0 Å². The van der Waals surface area contributed by atoms with Crippen LogP contribution >= 0.6 is 0 Å². The largest absolute Gasteiger partial charge is 0.381 e. The first-order valence-corrected chi connectivity index (χ1v) is 6.00. The maximum atomic E-state index is 6.00. The van der Waals surface area contributed by atoms with Gasteiger partial charge in [0.15, 0.2) is 0 Å². The van der Waals surface area contributed by atoms with Gasteiger partial charge in [0.1, 0.15) is 0 Å². The minimum absolute atomic E-state index is 0.0804. The Morgan fingerprint density at radius 2 is 2.13 bits per heavy atom. The number of nitrogens with one attached hydrogen (secondary N) is 1. The highest BCUT2D eigenvalue weighted by Gasteiger charge is 2.47. The molecule has 0 bridgehead atoms. The molecule has 0 spiro atoms. The third kappa shape index (κ3) is 2.33. The van der Waals surface area contributed by atoms with E-state index in [9.17, 15) is 0 Å². The Hall–Kier alpha value is -0.160. The molecule has 1 aliphatic heterocycles. The lowest BCUT2D eigenvalue weighted by atomic mass is 9.83. The van der Waals surface area contributed by atoms with Gasteiger partial charge in [-0.3, -0.25) is 11.3 Å². The first kappa shape index (κ1) is 11.3. The smallest absolute Gasteiger partial charge is 0.0894 e. The molecular formula is C11H22N2O2. The number of nitrogens with two attached hydrogens (primary N) is 1. The predicted molar refractivity (Wildman–Crippen MR) is 58.2 cm³/mol. The first-order valence-electron chi connectivity index (χ1n) is 6.00. The Balaban J connectivity index is 2.07. The fourth-order valence-electron chi connectivity index (χ4n) is 2.70. The number of hydrogen-bond donors (Lipinski definition) is 2. The molecular weight excluding hydrogens is 192 g/mol. The van der Waals surface area contributed by atoms with Crippen LogP contribution in [-0.4, -0.2) is 31.5 Å². The van der Waals surface area contributed by atoms with Gasteiger partial charge in [0.25, 0.3) is 0 Å². The number of ether oxygens (including phenoxy) is 2. The zero-order chi connectivity index (χ0) is 10.7. The molecule has 4 nitrogen and oxygen atoms in total. The fraction of sp³-hybridized carbons (Fsp3) is 1.00. The van der Waals surface area contributed by atoms with Crippen LogP contribution in [0.25, 0.3) is 0 Å². The highest BCUT2D eigenvalue weighted by atomic mass is 16.5. The van der Waals surface area contributed by atoms with Crippen LogP contribution in [0.1, 0.15) is 32.6 Å². The Morgan fingerprint density at radius 1 is 1.47 bits per heavy atom. The zero-order valence-corrected chi connectivity index (χ0v) is 9.50. The molecule has 3 N–H and O–H groups in total. The van der Waals surface area contributed by atoms with Crippen LogP contribution in [0.2, 0.25) is 0 Å². The van der Waals surface area contributed by atoms with Crippen molar-refractivity contribution in [3.63, 3.8) is 0 Å². The van der Waals surface area contributed by atoms with Gasteiger partial charge in [-0.2, -0.15) is 0 Å². The maximum absolute atomic E-state index is 6.00. The fourth-order valence-corrected chi connectivity index (χ4v) is 2.70. The van der Waals surface area contributed by atoms with E-state index in [2.05, 4.69) is 12.3 Å². The van der Waals surface area contributed by atoms with Gasteiger partial charge in [-0.05, 0) is 25.7 Å². The molecule has 1 saturated carbocycles. The lowest BCUT2D eigenvalue weighted by Gasteiger charge is -2.43. The third-order valence-corrected chi connectivity index (χ3v) is 3.61. The van der Waals surface area contributed by atoms with Crippen molar-refractivity contribution in [2.75, 3.05) is 19.8 Å². The summed E-state index contributed by atoms with van der Waals surface area (Å²) < 4.78 is 11.4. The average molecular weight is 214 g/mol. The molecule has 2 fully saturated rings. The van der Waals surface area contributed by atoms with E-state index in [4.69, 9.17) is 15.3 Å². The summed E-state index contributed by atoms with van der Waals surface area (Å²) in [5, 5.41) is 0. The lowest BCUT2D eigenvalue weighted by molar-refractivity contribution is -0.130. The second kappa shape index (κ2) is 4.78. The molecule has 0 aromatic heterocycles. The summed E-state index contributed by atoms with van der Waals surface area (Å²) in [6.45, 7) is 4.40. The summed E-state index contributed by atoms with van der Waals surface area (Å²) in [6.07, 6.45) is 4.49. The van der Waals surface area contributed by atoms with Crippen molar-refractivity contribution < 1.29 is 9.47 Å². The van der Waals surface area contributed by atoms with Gasteiger partial charge in [-0.25, -0.2) is 0 Å². The highest BCUT2D eigenvalue weighted by Crippen LogP contribution is 2.42. The predicted octanol–water partition coefficient (Wildman–Crippen LogP) is 0.814. The summed E-state index contributed by atoms with van der Waals surface area (Å²) in [6, 6.07) is 0.307. The van der Waals surface area contributed by atoms with E-state index in [-0.39, 0.29) is 5.60 Å². The minimum atomic E-state index is -0.0804. The molecule has 0 radical (unpaired) electrons. The van der Waals surface area contributed by atoms with E-state index in [1.54, 1.807) is 0 Å². The Bertz CT molecular complexity index is 195. The Morgan fingerprint density at radius 3 is 2.60 bits per heavy atom. The lowest BCUT2D eigenvalue weighted by Crippen LogP contribution is -2.58.